The lowest BCUT2D eigenvalue weighted by molar-refractivity contribution is 0.513. The van der Waals surface area contributed by atoms with Crippen molar-refractivity contribution in [3.05, 3.63) is 46.4 Å². The van der Waals surface area contributed by atoms with E-state index >= 15 is 0 Å². The van der Waals surface area contributed by atoms with E-state index in [-0.39, 0.29) is 11.6 Å². The molecule has 0 aliphatic heterocycles. The van der Waals surface area contributed by atoms with Gasteiger partial charge in [-0.05, 0) is 17.7 Å². The van der Waals surface area contributed by atoms with Crippen LogP contribution >= 0.6 is 11.6 Å². The maximum Gasteiger partial charge on any atom is 0.252 e. The summed E-state index contributed by atoms with van der Waals surface area (Å²) >= 11 is 5.78. The van der Waals surface area contributed by atoms with Crippen molar-refractivity contribution >= 4 is 23.7 Å². The average molecular weight is 275 g/mol. The van der Waals surface area contributed by atoms with Gasteiger partial charge in [0.1, 0.15) is 6.07 Å². The van der Waals surface area contributed by atoms with Gasteiger partial charge in [0.25, 0.3) is 5.88 Å². The first kappa shape index (κ1) is 13.1. The molecule has 0 unspecified atom stereocenters. The molecule has 0 fully saturated rings. The fourth-order valence-electron chi connectivity index (χ4n) is 1.38. The Labute approximate surface area is 115 Å². The van der Waals surface area contributed by atoms with Crippen molar-refractivity contribution in [3.63, 3.8) is 0 Å². The third-order valence-electron chi connectivity index (χ3n) is 2.33. The van der Waals surface area contributed by atoms with E-state index in [1.807, 2.05) is 25.1 Å². The summed E-state index contributed by atoms with van der Waals surface area (Å²) in [7, 11) is 0. The van der Waals surface area contributed by atoms with Crippen LogP contribution < -0.4 is 5.43 Å². The number of benzene rings is 1. The molecule has 5 nitrogen and oxygen atoms in total. The van der Waals surface area contributed by atoms with Gasteiger partial charge in [-0.2, -0.15) is 10.4 Å². The maximum absolute atomic E-state index is 8.90. The number of aryl methyl sites for hydroxylation is 1. The SMILES string of the molecule is CCc1nc(C#N)c(N/N=C/c2ccc(Cl)cc2)o1. The summed E-state index contributed by atoms with van der Waals surface area (Å²) < 4.78 is 5.33. The van der Waals surface area contributed by atoms with Crippen LogP contribution in [0.25, 0.3) is 0 Å². The first-order chi connectivity index (χ1) is 9.22. The van der Waals surface area contributed by atoms with E-state index in [1.54, 1.807) is 18.3 Å². The van der Waals surface area contributed by atoms with Crippen LogP contribution in [0.1, 0.15) is 24.1 Å². The van der Waals surface area contributed by atoms with Gasteiger partial charge in [0, 0.05) is 11.4 Å². The molecule has 0 aliphatic carbocycles. The summed E-state index contributed by atoms with van der Waals surface area (Å²) in [5.41, 5.74) is 3.75. The van der Waals surface area contributed by atoms with Crippen molar-refractivity contribution in [2.75, 3.05) is 5.43 Å². The summed E-state index contributed by atoms with van der Waals surface area (Å²) in [5.74, 6) is 0.755. The van der Waals surface area contributed by atoms with Crippen molar-refractivity contribution in [1.29, 1.82) is 5.26 Å². The van der Waals surface area contributed by atoms with Crippen LogP contribution in [-0.2, 0) is 6.42 Å². The highest BCUT2D eigenvalue weighted by molar-refractivity contribution is 6.30. The highest BCUT2D eigenvalue weighted by atomic mass is 35.5. The number of hydrogen-bond acceptors (Lipinski definition) is 5. The molecule has 1 heterocycles. The van der Waals surface area contributed by atoms with Gasteiger partial charge >= 0.3 is 0 Å². The first-order valence-corrected chi connectivity index (χ1v) is 6.05. The predicted molar refractivity (Wildman–Crippen MR) is 73.3 cm³/mol. The molecule has 1 aromatic heterocycles. The maximum atomic E-state index is 8.90. The molecule has 0 spiro atoms. The van der Waals surface area contributed by atoms with Gasteiger partial charge in [-0.15, -0.1) is 0 Å². The number of halogens is 1. The summed E-state index contributed by atoms with van der Waals surface area (Å²) in [4.78, 5) is 4.00. The third kappa shape index (κ3) is 3.33. The Bertz CT molecular complexity index is 625. The Morgan fingerprint density at radius 1 is 1.47 bits per heavy atom. The van der Waals surface area contributed by atoms with E-state index in [0.717, 1.165) is 5.56 Å². The summed E-state index contributed by atoms with van der Waals surface area (Å²) in [6, 6.07) is 9.15. The fraction of sp³-hybridized carbons (Fsp3) is 0.154. The minimum atomic E-state index is 0.199. The molecule has 0 saturated heterocycles. The average Bonchev–Trinajstić information content (AvgIpc) is 2.83. The number of nitrogens with one attached hydrogen (secondary N) is 1. The third-order valence-corrected chi connectivity index (χ3v) is 2.58. The second-order valence-corrected chi connectivity index (χ2v) is 4.11. The monoisotopic (exact) mass is 274 g/mol. The van der Waals surface area contributed by atoms with E-state index in [4.69, 9.17) is 21.3 Å². The zero-order valence-electron chi connectivity index (χ0n) is 10.2. The highest BCUT2D eigenvalue weighted by Gasteiger charge is 2.10. The Hall–Kier alpha value is -2.32. The molecular formula is C13H11ClN4O. The number of oxazole rings is 1. The lowest BCUT2D eigenvalue weighted by Crippen LogP contribution is -1.91. The molecule has 19 heavy (non-hydrogen) atoms. The molecule has 0 bridgehead atoms. The topological polar surface area (TPSA) is 74.2 Å². The number of nitriles is 1. The standard InChI is InChI=1S/C13H11ClN4O/c1-2-12-17-11(7-15)13(19-12)18-16-8-9-3-5-10(14)6-4-9/h3-6,8,18H,2H2,1H3/b16-8+. The minimum absolute atomic E-state index is 0.199. The molecule has 1 N–H and O–H groups in total. The van der Waals surface area contributed by atoms with Crippen LogP contribution in [-0.4, -0.2) is 11.2 Å². The molecule has 2 aromatic rings. The van der Waals surface area contributed by atoms with Crippen molar-refractivity contribution in [2.24, 2.45) is 5.10 Å². The van der Waals surface area contributed by atoms with E-state index < -0.39 is 0 Å². The van der Waals surface area contributed by atoms with Crippen LogP contribution in [0.5, 0.6) is 0 Å². The van der Waals surface area contributed by atoms with Gasteiger partial charge < -0.3 is 4.42 Å². The van der Waals surface area contributed by atoms with Gasteiger partial charge in [-0.25, -0.2) is 10.4 Å². The number of nitrogens with zero attached hydrogens (tertiary/aromatic N) is 3. The second kappa shape index (κ2) is 6.03. The number of hydrazone groups is 1. The molecule has 0 amide bonds. The molecule has 0 aliphatic rings. The number of hydrogen-bond donors (Lipinski definition) is 1. The molecule has 1 aromatic carbocycles. The second-order valence-electron chi connectivity index (χ2n) is 3.67. The van der Waals surface area contributed by atoms with Crippen molar-refractivity contribution < 1.29 is 4.42 Å². The summed E-state index contributed by atoms with van der Waals surface area (Å²) in [6.45, 7) is 1.90. The predicted octanol–water partition coefficient (Wildman–Crippen LogP) is 3.21. The molecular weight excluding hydrogens is 264 g/mol. The smallest absolute Gasteiger partial charge is 0.252 e. The van der Waals surface area contributed by atoms with Crippen molar-refractivity contribution in [1.82, 2.24) is 4.98 Å². The number of anilines is 1. The molecule has 6 heteroatoms. The van der Waals surface area contributed by atoms with Gasteiger partial charge in [0.2, 0.25) is 5.69 Å². The zero-order chi connectivity index (χ0) is 13.7. The van der Waals surface area contributed by atoms with Crippen LogP contribution in [0.2, 0.25) is 5.02 Å². The quantitative estimate of drug-likeness (QED) is 0.686. The number of aromatic nitrogens is 1. The molecule has 96 valence electrons. The Morgan fingerprint density at radius 2 is 2.21 bits per heavy atom. The summed E-state index contributed by atoms with van der Waals surface area (Å²) in [5, 5.41) is 13.6. The van der Waals surface area contributed by atoms with Crippen molar-refractivity contribution in [3.8, 4) is 6.07 Å². The highest BCUT2D eigenvalue weighted by Crippen LogP contribution is 2.16. The fourth-order valence-corrected chi connectivity index (χ4v) is 1.51. The van der Waals surface area contributed by atoms with Crippen LogP contribution in [0.15, 0.2) is 33.8 Å². The summed E-state index contributed by atoms with van der Waals surface area (Å²) in [6.07, 6.45) is 2.23. The Morgan fingerprint density at radius 3 is 2.84 bits per heavy atom. The lowest BCUT2D eigenvalue weighted by Gasteiger charge is -1.95. The lowest BCUT2D eigenvalue weighted by atomic mass is 10.2. The van der Waals surface area contributed by atoms with Gasteiger partial charge in [-0.1, -0.05) is 30.7 Å². The van der Waals surface area contributed by atoms with Crippen LogP contribution in [0, 0.1) is 11.3 Å². The Balaban J connectivity index is 2.08. The van der Waals surface area contributed by atoms with E-state index in [9.17, 15) is 0 Å². The normalized spacial score (nSPS) is 10.6. The van der Waals surface area contributed by atoms with Crippen LogP contribution in [0.4, 0.5) is 5.88 Å². The van der Waals surface area contributed by atoms with E-state index in [1.165, 1.54) is 0 Å². The van der Waals surface area contributed by atoms with Gasteiger partial charge in [-0.3, -0.25) is 0 Å². The first-order valence-electron chi connectivity index (χ1n) is 5.67. The van der Waals surface area contributed by atoms with E-state index in [2.05, 4.69) is 15.5 Å². The van der Waals surface area contributed by atoms with E-state index in [0.29, 0.717) is 17.3 Å². The van der Waals surface area contributed by atoms with Gasteiger partial charge in [0.05, 0.1) is 6.21 Å². The zero-order valence-corrected chi connectivity index (χ0v) is 11.0. The van der Waals surface area contributed by atoms with Gasteiger partial charge in [0.15, 0.2) is 5.89 Å². The van der Waals surface area contributed by atoms with Crippen LogP contribution in [0.3, 0.4) is 0 Å². The molecule has 0 saturated carbocycles. The largest absolute Gasteiger partial charge is 0.422 e. The Kier molecular flexibility index (Phi) is 4.16. The molecule has 0 radical (unpaired) electrons. The van der Waals surface area contributed by atoms with Crippen molar-refractivity contribution in [2.45, 2.75) is 13.3 Å². The molecule has 2 rings (SSSR count). The number of rotatable bonds is 4. The molecule has 0 atom stereocenters. The minimum Gasteiger partial charge on any atom is -0.422 e.